The van der Waals surface area contributed by atoms with E-state index in [4.69, 9.17) is 9.15 Å². The second kappa shape index (κ2) is 9.12. The Balaban J connectivity index is 1.41. The number of thiophene rings is 1. The zero-order valence-electron chi connectivity index (χ0n) is 17.8. The first-order chi connectivity index (χ1) is 16.6. The Morgan fingerprint density at radius 2 is 1.97 bits per heavy atom. The molecule has 0 radical (unpaired) electrons. The third-order valence-corrected chi connectivity index (χ3v) is 5.99. The molecule has 5 aromatic rings. The number of non-ortho nitro benzene ring substituents is 1. The molecule has 0 atom stereocenters. The van der Waals surface area contributed by atoms with Crippen molar-refractivity contribution in [3.63, 3.8) is 0 Å². The fourth-order valence-electron chi connectivity index (χ4n) is 3.52. The largest absolute Gasteiger partial charge is 0.496 e. The number of fused-ring (bicyclic) bond motifs is 1. The zero-order valence-corrected chi connectivity index (χ0v) is 18.7. The predicted octanol–water partition coefficient (Wildman–Crippen LogP) is 5.98. The van der Waals surface area contributed by atoms with Gasteiger partial charge in [0.25, 0.3) is 5.69 Å². The third kappa shape index (κ3) is 4.09. The van der Waals surface area contributed by atoms with E-state index in [1.165, 1.54) is 49.2 Å². The molecule has 1 N–H and O–H groups in total. The summed E-state index contributed by atoms with van der Waals surface area (Å²) in [4.78, 5) is 20.3. The topological polar surface area (TPSA) is 116 Å². The third-order valence-electron chi connectivity index (χ3n) is 5.10. The van der Waals surface area contributed by atoms with Crippen LogP contribution in [0.3, 0.4) is 0 Å². The van der Waals surface area contributed by atoms with Gasteiger partial charge < -0.3 is 9.15 Å². The maximum atomic E-state index is 11.1. The van der Waals surface area contributed by atoms with E-state index in [2.05, 4.69) is 25.9 Å². The van der Waals surface area contributed by atoms with Crippen LogP contribution >= 0.6 is 11.3 Å². The minimum absolute atomic E-state index is 0.0538. The number of aromatic nitrogens is 2. The first kappa shape index (κ1) is 21.3. The molecule has 9 nitrogen and oxygen atoms in total. The van der Waals surface area contributed by atoms with E-state index in [0.717, 1.165) is 21.3 Å². The summed E-state index contributed by atoms with van der Waals surface area (Å²) in [7, 11) is 1.50. The summed E-state index contributed by atoms with van der Waals surface area (Å²) in [6.45, 7) is 0. The molecule has 0 aliphatic rings. The molecule has 34 heavy (non-hydrogen) atoms. The molecule has 3 heterocycles. The van der Waals surface area contributed by atoms with Crippen molar-refractivity contribution < 1.29 is 14.1 Å². The van der Waals surface area contributed by atoms with Gasteiger partial charge in [-0.15, -0.1) is 11.3 Å². The molecule has 168 valence electrons. The Hall–Kier alpha value is -4.57. The maximum absolute atomic E-state index is 11.1. The summed E-state index contributed by atoms with van der Waals surface area (Å²) in [6.07, 6.45) is 3.00. The van der Waals surface area contributed by atoms with E-state index < -0.39 is 4.92 Å². The summed E-state index contributed by atoms with van der Waals surface area (Å²) in [6, 6.07) is 17.8. The van der Waals surface area contributed by atoms with Gasteiger partial charge in [0.05, 0.1) is 29.2 Å². The second-order valence-corrected chi connectivity index (χ2v) is 7.99. The van der Waals surface area contributed by atoms with Gasteiger partial charge in [-0.3, -0.25) is 15.5 Å². The number of benzene rings is 2. The highest BCUT2D eigenvalue weighted by atomic mass is 32.1. The number of furan rings is 1. The SMILES string of the molecule is COc1ccc([N+](=O)[O-])cc1-c1ccc(/C=N/Nc2ncnc3scc(-c4ccccc4)c23)o1. The Bertz CT molecular complexity index is 1510. The fraction of sp³-hybridized carbons (Fsp3) is 0.0417. The monoisotopic (exact) mass is 471 g/mol. The van der Waals surface area contributed by atoms with Crippen molar-refractivity contribution in [3.05, 3.63) is 88.2 Å². The van der Waals surface area contributed by atoms with Crippen LogP contribution in [0, 0.1) is 10.1 Å². The van der Waals surface area contributed by atoms with E-state index in [0.29, 0.717) is 28.7 Å². The van der Waals surface area contributed by atoms with Crippen LogP contribution in [0.4, 0.5) is 11.5 Å². The number of anilines is 1. The predicted molar refractivity (Wildman–Crippen MR) is 131 cm³/mol. The van der Waals surface area contributed by atoms with Gasteiger partial charge in [-0.05, 0) is 23.8 Å². The van der Waals surface area contributed by atoms with Crippen LogP contribution in [0.15, 0.2) is 81.9 Å². The van der Waals surface area contributed by atoms with Gasteiger partial charge in [-0.1, -0.05) is 30.3 Å². The zero-order chi connectivity index (χ0) is 23.5. The van der Waals surface area contributed by atoms with Crippen LogP contribution in [0.5, 0.6) is 5.75 Å². The first-order valence-corrected chi connectivity index (χ1v) is 11.0. The van der Waals surface area contributed by atoms with Gasteiger partial charge in [0.2, 0.25) is 0 Å². The summed E-state index contributed by atoms with van der Waals surface area (Å²) in [5, 5.41) is 18.4. The number of nitro groups is 1. The lowest BCUT2D eigenvalue weighted by atomic mass is 10.1. The van der Waals surface area contributed by atoms with Crippen molar-refractivity contribution in [2.45, 2.75) is 0 Å². The molecule has 0 amide bonds. The molecule has 3 aromatic heterocycles. The minimum atomic E-state index is -0.464. The van der Waals surface area contributed by atoms with E-state index in [9.17, 15) is 10.1 Å². The maximum Gasteiger partial charge on any atom is 0.270 e. The van der Waals surface area contributed by atoms with Crippen LogP contribution in [-0.4, -0.2) is 28.2 Å². The Kier molecular flexibility index (Phi) is 5.71. The second-order valence-electron chi connectivity index (χ2n) is 7.13. The smallest absolute Gasteiger partial charge is 0.270 e. The normalized spacial score (nSPS) is 11.2. The number of methoxy groups -OCH3 is 1. The number of hydrogen-bond acceptors (Lipinski definition) is 9. The van der Waals surface area contributed by atoms with Crippen LogP contribution in [0.2, 0.25) is 0 Å². The lowest BCUT2D eigenvalue weighted by Gasteiger charge is -2.05. The van der Waals surface area contributed by atoms with Crippen molar-refractivity contribution in [1.29, 1.82) is 0 Å². The standard InChI is InChI=1S/C24H17N5O4S/c1-32-20-9-7-16(29(30)31)11-18(20)21-10-8-17(33-21)12-27-28-23-22-19(15-5-3-2-4-6-15)13-34-24(22)26-14-25-23/h2-14H,1H3,(H,25,26,28)/b27-12+. The van der Waals surface area contributed by atoms with Crippen molar-refractivity contribution in [2.75, 3.05) is 12.5 Å². The Labute approximate surface area is 197 Å². The van der Waals surface area contributed by atoms with Crippen molar-refractivity contribution in [3.8, 4) is 28.2 Å². The molecule has 0 aliphatic heterocycles. The highest BCUT2D eigenvalue weighted by molar-refractivity contribution is 7.17. The van der Waals surface area contributed by atoms with Gasteiger partial charge in [-0.25, -0.2) is 9.97 Å². The molecule has 0 fully saturated rings. The first-order valence-electron chi connectivity index (χ1n) is 10.1. The van der Waals surface area contributed by atoms with E-state index in [1.807, 2.05) is 30.3 Å². The summed E-state index contributed by atoms with van der Waals surface area (Å²) in [5.41, 5.74) is 5.50. The molecule has 5 rings (SSSR count). The molecule has 0 unspecified atom stereocenters. The Morgan fingerprint density at radius 3 is 2.76 bits per heavy atom. The van der Waals surface area contributed by atoms with Gasteiger partial charge in [0.15, 0.2) is 5.82 Å². The number of ether oxygens (including phenoxy) is 1. The molecular formula is C24H17N5O4S. The quantitative estimate of drug-likeness (QED) is 0.176. The van der Waals surface area contributed by atoms with Crippen LogP contribution < -0.4 is 10.2 Å². The van der Waals surface area contributed by atoms with E-state index in [-0.39, 0.29) is 5.69 Å². The van der Waals surface area contributed by atoms with Crippen LogP contribution in [0.25, 0.3) is 32.7 Å². The summed E-state index contributed by atoms with van der Waals surface area (Å²) < 4.78 is 11.1. The Morgan fingerprint density at radius 1 is 1.12 bits per heavy atom. The molecule has 0 bridgehead atoms. The number of rotatable bonds is 7. The van der Waals surface area contributed by atoms with Crippen LogP contribution in [-0.2, 0) is 0 Å². The molecule has 10 heteroatoms. The van der Waals surface area contributed by atoms with Crippen LogP contribution in [0.1, 0.15) is 5.76 Å². The van der Waals surface area contributed by atoms with Gasteiger partial charge in [-0.2, -0.15) is 5.10 Å². The fourth-order valence-corrected chi connectivity index (χ4v) is 4.43. The number of nitrogens with one attached hydrogen (secondary N) is 1. The molecule has 2 aromatic carbocycles. The number of nitro benzene ring substituents is 1. The molecule has 0 saturated heterocycles. The summed E-state index contributed by atoms with van der Waals surface area (Å²) >= 11 is 1.54. The van der Waals surface area contributed by atoms with Crippen molar-refractivity contribution in [2.24, 2.45) is 5.10 Å². The van der Waals surface area contributed by atoms with Gasteiger partial charge >= 0.3 is 0 Å². The molecular weight excluding hydrogens is 454 g/mol. The highest BCUT2D eigenvalue weighted by Gasteiger charge is 2.16. The number of nitrogens with zero attached hydrogens (tertiary/aromatic N) is 4. The molecule has 0 spiro atoms. The van der Waals surface area contributed by atoms with E-state index >= 15 is 0 Å². The lowest BCUT2D eigenvalue weighted by molar-refractivity contribution is -0.384. The molecule has 0 saturated carbocycles. The minimum Gasteiger partial charge on any atom is -0.496 e. The summed E-state index contributed by atoms with van der Waals surface area (Å²) in [5.74, 6) is 1.93. The number of hydrazone groups is 1. The highest BCUT2D eigenvalue weighted by Crippen LogP contribution is 2.37. The van der Waals surface area contributed by atoms with Gasteiger partial charge in [0, 0.05) is 23.1 Å². The molecule has 0 aliphatic carbocycles. The lowest BCUT2D eigenvalue weighted by Crippen LogP contribution is -1.95. The number of hydrogen-bond donors (Lipinski definition) is 1. The average Bonchev–Trinajstić information content (AvgIpc) is 3.52. The van der Waals surface area contributed by atoms with Gasteiger partial charge in [0.1, 0.15) is 28.4 Å². The average molecular weight is 471 g/mol. The van der Waals surface area contributed by atoms with E-state index in [1.54, 1.807) is 12.1 Å². The van der Waals surface area contributed by atoms with Crippen molar-refractivity contribution in [1.82, 2.24) is 9.97 Å². The van der Waals surface area contributed by atoms with Crippen molar-refractivity contribution >= 4 is 39.3 Å².